The third kappa shape index (κ3) is 6.13. The number of carbonyl (C=O) groups is 1. The minimum atomic E-state index is -4.21. The van der Waals surface area contributed by atoms with Crippen molar-refractivity contribution in [1.82, 2.24) is 14.9 Å². The molecule has 2 rings (SSSR count). The largest absolute Gasteiger partial charge is 0.497 e. The van der Waals surface area contributed by atoms with Crippen LogP contribution in [0.3, 0.4) is 0 Å². The van der Waals surface area contributed by atoms with Gasteiger partial charge in [-0.25, -0.2) is 27.0 Å². The Morgan fingerprint density at radius 2 is 1.52 bits per heavy atom. The Bertz CT molecular complexity index is 1060. The van der Waals surface area contributed by atoms with Crippen molar-refractivity contribution in [3.8, 4) is 5.75 Å². The summed E-state index contributed by atoms with van der Waals surface area (Å²) in [7, 11) is -6.86. The summed E-state index contributed by atoms with van der Waals surface area (Å²) in [5.41, 5.74) is 1.30. The van der Waals surface area contributed by atoms with Crippen LogP contribution < -0.4 is 19.7 Å². The molecule has 1 amide bonds. The van der Waals surface area contributed by atoms with Crippen LogP contribution in [-0.2, 0) is 24.8 Å². The van der Waals surface area contributed by atoms with Gasteiger partial charge in [-0.15, -0.1) is 0 Å². The molecule has 1 atom stereocenters. The first-order valence-electron chi connectivity index (χ1n) is 7.94. The van der Waals surface area contributed by atoms with E-state index < -0.39 is 38.5 Å². The average molecular weight is 464 g/mol. The highest BCUT2D eigenvalue weighted by molar-refractivity contribution is 7.90. The molecule has 0 aliphatic heterocycles. The fourth-order valence-corrected chi connectivity index (χ4v) is 4.53. The van der Waals surface area contributed by atoms with Gasteiger partial charge in [-0.2, -0.15) is 4.72 Å². The molecule has 0 bridgehead atoms. The van der Waals surface area contributed by atoms with E-state index in [1.807, 2.05) is 4.72 Å². The van der Waals surface area contributed by atoms with Crippen molar-refractivity contribution in [2.75, 3.05) is 13.7 Å². The average Bonchev–Trinajstić information content (AvgIpc) is 2.70. The van der Waals surface area contributed by atoms with Crippen LogP contribution in [0.15, 0.2) is 58.3 Å². The van der Waals surface area contributed by atoms with Gasteiger partial charge in [0.15, 0.2) is 0 Å². The fraction of sp³-hybridized carbons (Fsp3) is 0.188. The van der Waals surface area contributed by atoms with Crippen molar-refractivity contribution >= 4 is 37.6 Å². The van der Waals surface area contributed by atoms with E-state index in [4.69, 9.17) is 21.5 Å². The van der Waals surface area contributed by atoms with Crippen LogP contribution in [0, 0.1) is 0 Å². The van der Waals surface area contributed by atoms with Gasteiger partial charge >= 0.3 is 0 Å². The van der Waals surface area contributed by atoms with Crippen molar-refractivity contribution < 1.29 is 31.6 Å². The Morgan fingerprint density at radius 1 is 1.00 bits per heavy atom. The Kier molecular flexibility index (Phi) is 7.57. The maximum Gasteiger partial charge on any atom is 0.262 e. The number of hydrogen-bond acceptors (Lipinski definition) is 7. The second kappa shape index (κ2) is 9.52. The molecular formula is C16H18ClN3O7S2. The molecule has 2 aromatic rings. The highest BCUT2D eigenvalue weighted by Crippen LogP contribution is 2.16. The number of rotatable bonds is 9. The number of benzene rings is 2. The van der Waals surface area contributed by atoms with Gasteiger partial charge in [-0.3, -0.25) is 10.0 Å². The van der Waals surface area contributed by atoms with Crippen LogP contribution in [0.5, 0.6) is 5.75 Å². The molecule has 0 aromatic heterocycles. The zero-order valence-electron chi connectivity index (χ0n) is 15.0. The molecular weight excluding hydrogens is 446 g/mol. The van der Waals surface area contributed by atoms with E-state index in [1.165, 1.54) is 61.1 Å². The van der Waals surface area contributed by atoms with Crippen LogP contribution in [0.1, 0.15) is 0 Å². The van der Waals surface area contributed by atoms with E-state index >= 15 is 0 Å². The topological polar surface area (TPSA) is 151 Å². The van der Waals surface area contributed by atoms with Gasteiger partial charge in [-0.05, 0) is 48.5 Å². The zero-order chi connectivity index (χ0) is 21.7. The molecule has 158 valence electrons. The Labute approximate surface area is 172 Å². The van der Waals surface area contributed by atoms with Gasteiger partial charge in [0.25, 0.3) is 5.91 Å². The zero-order valence-corrected chi connectivity index (χ0v) is 17.4. The summed E-state index contributed by atoms with van der Waals surface area (Å²) < 4.78 is 58.7. The smallest absolute Gasteiger partial charge is 0.262 e. The summed E-state index contributed by atoms with van der Waals surface area (Å²) in [4.78, 5) is 11.5. The summed E-state index contributed by atoms with van der Waals surface area (Å²) >= 11 is 5.72. The number of amides is 1. The summed E-state index contributed by atoms with van der Waals surface area (Å²) in [6.07, 6.45) is 0. The van der Waals surface area contributed by atoms with Crippen LogP contribution in [0.2, 0.25) is 5.02 Å². The molecule has 0 aliphatic rings. The third-order valence-corrected chi connectivity index (χ3v) is 6.87. The number of nitrogens with one attached hydrogen (secondary N) is 3. The molecule has 29 heavy (non-hydrogen) atoms. The monoisotopic (exact) mass is 463 g/mol. The number of methoxy groups -OCH3 is 1. The molecule has 1 unspecified atom stereocenters. The molecule has 0 aliphatic carbocycles. The van der Waals surface area contributed by atoms with Gasteiger partial charge in [0, 0.05) is 11.6 Å². The van der Waals surface area contributed by atoms with Crippen LogP contribution in [0.25, 0.3) is 0 Å². The number of hydroxylamine groups is 1. The van der Waals surface area contributed by atoms with E-state index in [9.17, 15) is 21.6 Å². The SMILES string of the molecule is COc1ccc(S(=O)(=O)NC(CNS(=O)(=O)c2ccc(Cl)cc2)C(=O)NO)cc1. The standard InChI is InChI=1S/C16H18ClN3O7S2/c1-27-12-4-8-14(9-5-12)29(25,26)20-15(16(21)19-22)10-18-28(23,24)13-6-2-11(17)3-7-13/h2-9,15,18,20,22H,10H2,1H3,(H,19,21). The molecule has 0 fully saturated rings. The van der Waals surface area contributed by atoms with E-state index in [1.54, 1.807) is 0 Å². The lowest BCUT2D eigenvalue weighted by molar-refractivity contribution is -0.130. The molecule has 13 heteroatoms. The number of ether oxygens (including phenoxy) is 1. The molecule has 4 N–H and O–H groups in total. The number of halogens is 1. The Hall–Kier alpha value is -2.22. The first kappa shape index (κ1) is 23.1. The summed E-state index contributed by atoms with van der Waals surface area (Å²) in [5, 5.41) is 9.20. The van der Waals surface area contributed by atoms with Gasteiger partial charge < -0.3 is 4.74 Å². The second-order valence-corrected chi connectivity index (χ2v) is 9.55. The molecule has 2 aromatic carbocycles. The first-order chi connectivity index (χ1) is 13.6. The van der Waals surface area contributed by atoms with Crippen LogP contribution in [0.4, 0.5) is 0 Å². The highest BCUT2D eigenvalue weighted by atomic mass is 35.5. The molecule has 0 radical (unpaired) electrons. The predicted octanol–water partition coefficient (Wildman–Crippen LogP) is 0.479. The molecule has 0 spiro atoms. The van der Waals surface area contributed by atoms with E-state index in [-0.39, 0.29) is 9.79 Å². The second-order valence-electron chi connectivity index (χ2n) is 5.63. The van der Waals surface area contributed by atoms with Crippen molar-refractivity contribution in [1.29, 1.82) is 0 Å². The molecule has 0 saturated carbocycles. The molecule has 0 heterocycles. The highest BCUT2D eigenvalue weighted by Gasteiger charge is 2.27. The first-order valence-corrected chi connectivity index (χ1v) is 11.3. The van der Waals surface area contributed by atoms with E-state index in [0.717, 1.165) is 0 Å². The minimum Gasteiger partial charge on any atom is -0.497 e. The third-order valence-electron chi connectivity index (χ3n) is 3.70. The minimum absolute atomic E-state index is 0.136. The quantitative estimate of drug-likeness (QED) is 0.312. The lowest BCUT2D eigenvalue weighted by atomic mass is 10.3. The van der Waals surface area contributed by atoms with Crippen LogP contribution >= 0.6 is 11.6 Å². The van der Waals surface area contributed by atoms with E-state index in [0.29, 0.717) is 10.8 Å². The lowest BCUT2D eigenvalue weighted by Gasteiger charge is -2.18. The number of sulfonamides is 2. The predicted molar refractivity (Wildman–Crippen MR) is 104 cm³/mol. The van der Waals surface area contributed by atoms with Crippen molar-refractivity contribution in [2.24, 2.45) is 0 Å². The molecule has 10 nitrogen and oxygen atoms in total. The van der Waals surface area contributed by atoms with Crippen molar-refractivity contribution in [3.63, 3.8) is 0 Å². The number of carbonyl (C=O) groups excluding carboxylic acids is 1. The summed E-state index contributed by atoms with van der Waals surface area (Å²) in [5.74, 6) is -0.731. The van der Waals surface area contributed by atoms with Gasteiger partial charge in [0.1, 0.15) is 11.8 Å². The van der Waals surface area contributed by atoms with Gasteiger partial charge in [0.05, 0.1) is 16.9 Å². The van der Waals surface area contributed by atoms with Crippen molar-refractivity contribution in [2.45, 2.75) is 15.8 Å². The maximum atomic E-state index is 12.5. The molecule has 0 saturated heterocycles. The van der Waals surface area contributed by atoms with Crippen molar-refractivity contribution in [3.05, 3.63) is 53.6 Å². The van der Waals surface area contributed by atoms with Crippen LogP contribution in [-0.4, -0.2) is 47.6 Å². The lowest BCUT2D eigenvalue weighted by Crippen LogP contribution is -2.51. The summed E-state index contributed by atoms with van der Waals surface area (Å²) in [6.45, 7) is -0.660. The van der Waals surface area contributed by atoms with E-state index in [2.05, 4.69) is 4.72 Å². The summed E-state index contributed by atoms with van der Waals surface area (Å²) in [6, 6.07) is 8.87. The fourth-order valence-electron chi connectivity index (χ4n) is 2.17. The van der Waals surface area contributed by atoms with Gasteiger partial charge in [-0.1, -0.05) is 11.6 Å². The normalized spacial score (nSPS) is 12.9. The Balaban J connectivity index is 2.18. The van der Waals surface area contributed by atoms with Gasteiger partial charge in [0.2, 0.25) is 20.0 Å². The number of hydrogen-bond donors (Lipinski definition) is 4. The maximum absolute atomic E-state index is 12.5. The Morgan fingerprint density at radius 3 is 2.03 bits per heavy atom.